The van der Waals surface area contributed by atoms with Gasteiger partial charge in [0, 0.05) is 23.5 Å². The normalized spacial score (nSPS) is 18.3. The number of hydrogen-bond acceptors (Lipinski definition) is 8. The number of ketones is 2. The van der Waals surface area contributed by atoms with Crippen LogP contribution in [-0.4, -0.2) is 21.8 Å². The Kier molecular flexibility index (Phi) is 16.2. The second-order valence-corrected chi connectivity index (χ2v) is 20.9. The quantitative estimate of drug-likeness (QED) is 0.0467. The van der Waals surface area contributed by atoms with Gasteiger partial charge in [0.25, 0.3) is 0 Å². The van der Waals surface area contributed by atoms with Gasteiger partial charge in [-0.05, 0) is 166 Å². The predicted molar refractivity (Wildman–Crippen MR) is 294 cm³/mol. The van der Waals surface area contributed by atoms with Crippen LogP contribution in [0, 0.1) is 25.3 Å². The third-order valence-corrected chi connectivity index (χ3v) is 15.9. The molecule has 0 aliphatic heterocycles. The molecule has 0 unspecified atom stereocenters. The van der Waals surface area contributed by atoms with Crippen molar-refractivity contribution in [3.8, 4) is 34.5 Å². The van der Waals surface area contributed by atoms with Crippen LogP contribution in [0.2, 0.25) is 0 Å². The van der Waals surface area contributed by atoms with E-state index < -0.39 is 23.1 Å². The molecule has 73 heavy (non-hydrogen) atoms. The predicted octanol–water partition coefficient (Wildman–Crippen LogP) is 18.1. The van der Waals surface area contributed by atoms with Crippen LogP contribution in [0.15, 0.2) is 103 Å². The van der Waals surface area contributed by atoms with Crippen LogP contribution < -0.4 is 20.1 Å². The van der Waals surface area contributed by atoms with E-state index in [9.17, 15) is 10.2 Å². The first-order valence-electron chi connectivity index (χ1n) is 27.1. The number of nitrogens with zero attached hydrogens (tertiary/aromatic N) is 1. The van der Waals surface area contributed by atoms with E-state index in [4.69, 9.17) is 16.0 Å². The Bertz CT molecular complexity index is 2960. The number of phenols is 2. The maximum absolute atomic E-state index is 15.4. The number of aryl methyl sites for hydroxylation is 2. The fourth-order valence-electron chi connectivity index (χ4n) is 11.5. The van der Waals surface area contributed by atoms with E-state index in [1.54, 1.807) is 24.3 Å². The first-order chi connectivity index (χ1) is 35.5. The molecule has 3 aliphatic carbocycles. The topological polar surface area (TPSA) is 121 Å². The van der Waals surface area contributed by atoms with E-state index in [0.29, 0.717) is 46.0 Å². The summed E-state index contributed by atoms with van der Waals surface area (Å²) in [6.45, 7) is 16.1. The number of hydrogen-bond donors (Lipinski definition) is 4. The number of anilines is 4. The molecule has 0 amide bonds. The van der Waals surface area contributed by atoms with Gasteiger partial charge in [-0.3, -0.25) is 9.59 Å². The highest BCUT2D eigenvalue weighted by molar-refractivity contribution is 6.34. The zero-order valence-electron chi connectivity index (χ0n) is 43.1. The van der Waals surface area contributed by atoms with E-state index in [1.807, 2.05) is 55.5 Å². The molecule has 2 saturated carbocycles. The Hall–Kier alpha value is -7.05. The fraction of sp³-hybridized carbons (Fsp3) is 0.391. The SMILES string of the molecule is [C-]#[N+]c1ccc(Nc2cc(Oc3ccc(C4CCC(CCCC)CC4)cc3)c(O)c3c2C(=O)c2c(O)c(Oc4ccc(C5CCC(CCCC)CC5)cc4)cc(Nc4ccc(CCCC)cc4)c2C3=O)cc1C. The number of phenolic OH excluding ortho intramolecular Hbond substituents is 2. The summed E-state index contributed by atoms with van der Waals surface area (Å²) in [6.07, 6.45) is 20.3. The first-order valence-corrected chi connectivity index (χ1v) is 27.1. The number of carbonyl (C=O) groups excluding carboxylic acids is 2. The minimum absolute atomic E-state index is 0.00775. The number of unbranched alkanes of at least 4 members (excludes halogenated alkanes) is 3. The maximum atomic E-state index is 15.4. The maximum Gasteiger partial charge on any atom is 0.200 e. The molecule has 0 spiro atoms. The number of rotatable bonds is 19. The van der Waals surface area contributed by atoms with Crippen LogP contribution in [0.3, 0.4) is 0 Å². The molecule has 0 bridgehead atoms. The van der Waals surface area contributed by atoms with Crippen LogP contribution >= 0.6 is 0 Å². The largest absolute Gasteiger partial charge is 0.504 e. The molecule has 9 heteroatoms. The molecule has 6 aromatic carbocycles. The summed E-state index contributed by atoms with van der Waals surface area (Å²) in [5.41, 5.74) is 5.73. The van der Waals surface area contributed by atoms with E-state index in [0.717, 1.165) is 56.8 Å². The molecule has 0 saturated heterocycles. The molecule has 4 N–H and O–H groups in total. The van der Waals surface area contributed by atoms with Crippen molar-refractivity contribution in [3.05, 3.63) is 159 Å². The average Bonchev–Trinajstić information content (AvgIpc) is 3.41. The van der Waals surface area contributed by atoms with E-state index in [2.05, 4.69) is 60.5 Å². The van der Waals surface area contributed by atoms with Crippen molar-refractivity contribution in [1.29, 1.82) is 0 Å². The zero-order valence-corrected chi connectivity index (χ0v) is 43.1. The Morgan fingerprint density at radius 1 is 0.548 bits per heavy atom. The number of aromatic hydroxyl groups is 2. The van der Waals surface area contributed by atoms with Gasteiger partial charge in [-0.2, -0.15) is 0 Å². The molecular weight excluding hydrogens is 907 g/mol. The lowest BCUT2D eigenvalue weighted by atomic mass is 9.77. The lowest BCUT2D eigenvalue weighted by Crippen LogP contribution is -2.24. The van der Waals surface area contributed by atoms with E-state index in [-0.39, 0.29) is 45.1 Å². The number of carbonyl (C=O) groups is 2. The third kappa shape index (κ3) is 11.4. The van der Waals surface area contributed by atoms with Gasteiger partial charge in [0.15, 0.2) is 28.7 Å². The molecule has 6 aromatic rings. The van der Waals surface area contributed by atoms with Crippen molar-refractivity contribution in [1.82, 2.24) is 0 Å². The Morgan fingerprint density at radius 3 is 1.41 bits per heavy atom. The average molecular weight is 978 g/mol. The summed E-state index contributed by atoms with van der Waals surface area (Å²) >= 11 is 0. The first kappa shape index (κ1) is 50.9. The van der Waals surface area contributed by atoms with Gasteiger partial charge in [-0.15, -0.1) is 0 Å². The van der Waals surface area contributed by atoms with Crippen molar-refractivity contribution >= 4 is 40.0 Å². The zero-order chi connectivity index (χ0) is 51.0. The van der Waals surface area contributed by atoms with Crippen LogP contribution in [0.25, 0.3) is 4.85 Å². The van der Waals surface area contributed by atoms with Gasteiger partial charge < -0.3 is 30.3 Å². The van der Waals surface area contributed by atoms with Crippen LogP contribution in [0.4, 0.5) is 28.4 Å². The van der Waals surface area contributed by atoms with Gasteiger partial charge in [-0.1, -0.05) is 108 Å². The number of benzene rings is 6. The highest BCUT2D eigenvalue weighted by Crippen LogP contribution is 2.51. The monoisotopic (exact) mass is 978 g/mol. The van der Waals surface area contributed by atoms with Gasteiger partial charge in [0.1, 0.15) is 11.5 Å². The highest BCUT2D eigenvalue weighted by atomic mass is 16.5. The van der Waals surface area contributed by atoms with Crippen molar-refractivity contribution in [2.75, 3.05) is 10.6 Å². The van der Waals surface area contributed by atoms with Crippen molar-refractivity contribution in [2.45, 2.75) is 149 Å². The van der Waals surface area contributed by atoms with Crippen molar-refractivity contribution in [2.24, 2.45) is 11.8 Å². The van der Waals surface area contributed by atoms with Crippen molar-refractivity contribution < 1.29 is 29.3 Å². The Balaban J connectivity index is 1.08. The van der Waals surface area contributed by atoms with E-state index in [1.165, 1.54) is 87.0 Å². The van der Waals surface area contributed by atoms with Gasteiger partial charge in [-0.25, -0.2) is 4.85 Å². The highest BCUT2D eigenvalue weighted by Gasteiger charge is 2.41. The molecule has 9 rings (SSSR count). The van der Waals surface area contributed by atoms with Gasteiger partial charge in [0.2, 0.25) is 11.6 Å². The lowest BCUT2D eigenvalue weighted by Gasteiger charge is -2.29. The molecule has 0 radical (unpaired) electrons. The smallest absolute Gasteiger partial charge is 0.200 e. The number of fused-ring (bicyclic) bond motifs is 2. The standard InChI is InChI=1S/C64H71N3O6/c1-6-9-12-41-15-21-44(22-16-41)46-25-32-50(33-26-46)72-55-38-53(66-48-29-19-43(20-30-48)14-11-8-3)57-59(61(55)68)64(71)58-54(67-49-31-36-52(65-5)40(4)37-49)39-56(62(69)60(58)63(57)70)73-51-34-27-47(28-35-51)45-23-17-42(18-24-45)13-10-7-2/h19-20,25-39,41-42,44-45,66-69H,6-18,21-24H2,1-4H3. The molecule has 3 aliphatic rings. The third-order valence-electron chi connectivity index (χ3n) is 15.9. The van der Waals surface area contributed by atoms with Crippen molar-refractivity contribution in [3.63, 3.8) is 0 Å². The van der Waals surface area contributed by atoms with E-state index >= 15 is 9.59 Å². The molecule has 0 atom stereocenters. The molecular formula is C64H71N3O6. The molecule has 9 nitrogen and oxygen atoms in total. The number of nitrogens with one attached hydrogen (secondary N) is 2. The summed E-state index contributed by atoms with van der Waals surface area (Å²) in [6, 6.07) is 32.1. The molecule has 0 aromatic heterocycles. The summed E-state index contributed by atoms with van der Waals surface area (Å²) in [4.78, 5) is 34.3. The summed E-state index contributed by atoms with van der Waals surface area (Å²) in [5.74, 6) is 1.08. The Labute approximate surface area is 432 Å². The Morgan fingerprint density at radius 2 is 0.986 bits per heavy atom. The summed E-state index contributed by atoms with van der Waals surface area (Å²) in [7, 11) is 0. The van der Waals surface area contributed by atoms with Crippen LogP contribution in [-0.2, 0) is 6.42 Å². The van der Waals surface area contributed by atoms with Gasteiger partial charge >= 0.3 is 0 Å². The van der Waals surface area contributed by atoms with Crippen LogP contribution in [0.5, 0.6) is 34.5 Å². The lowest BCUT2D eigenvalue weighted by molar-refractivity contribution is 0.0974. The summed E-state index contributed by atoms with van der Waals surface area (Å²) < 4.78 is 12.9. The second kappa shape index (κ2) is 23.2. The second-order valence-electron chi connectivity index (χ2n) is 20.9. The minimum atomic E-state index is -0.692. The molecule has 2 fully saturated rings. The van der Waals surface area contributed by atoms with Crippen LogP contribution in [0.1, 0.15) is 189 Å². The molecule has 0 heterocycles. The minimum Gasteiger partial charge on any atom is -0.504 e. The fourth-order valence-corrected chi connectivity index (χ4v) is 11.5. The van der Waals surface area contributed by atoms with Gasteiger partial charge in [0.05, 0.1) is 40.2 Å². The molecule has 378 valence electrons. The number of ether oxygens (including phenoxy) is 2. The summed E-state index contributed by atoms with van der Waals surface area (Å²) in [5, 5.41) is 31.2.